The van der Waals surface area contributed by atoms with E-state index in [0.29, 0.717) is 47.3 Å². The van der Waals surface area contributed by atoms with Gasteiger partial charge in [0, 0.05) is 46.0 Å². The molecule has 0 aromatic carbocycles. The summed E-state index contributed by atoms with van der Waals surface area (Å²) in [6.45, 7) is 2.12. The van der Waals surface area contributed by atoms with E-state index in [0.717, 1.165) is 19.3 Å². The number of ether oxygens (including phenoxy) is 1. The maximum atomic E-state index is 13.8. The lowest BCUT2D eigenvalue weighted by Crippen LogP contribution is -2.35. The molecule has 11 nitrogen and oxygen atoms in total. The van der Waals surface area contributed by atoms with E-state index in [1.54, 1.807) is 36.5 Å². The second kappa shape index (κ2) is 11.8. The van der Waals surface area contributed by atoms with Crippen LogP contribution in [0.25, 0.3) is 5.82 Å². The number of sulfonamides is 1. The minimum absolute atomic E-state index is 0.0246. The van der Waals surface area contributed by atoms with Crippen molar-refractivity contribution in [2.24, 2.45) is 11.3 Å². The summed E-state index contributed by atoms with van der Waals surface area (Å²) in [7, 11) is -1.18. The highest BCUT2D eigenvalue weighted by Crippen LogP contribution is 2.60. The summed E-state index contributed by atoms with van der Waals surface area (Å²) in [6.07, 6.45) is 0.788. The van der Waals surface area contributed by atoms with Gasteiger partial charge in [-0.1, -0.05) is 6.07 Å². The van der Waals surface area contributed by atoms with Gasteiger partial charge in [-0.15, -0.1) is 5.10 Å². The van der Waals surface area contributed by atoms with E-state index in [9.17, 15) is 26.4 Å². The van der Waals surface area contributed by atoms with Crippen LogP contribution in [0.15, 0.2) is 47.6 Å². The van der Waals surface area contributed by atoms with E-state index >= 15 is 0 Å². The van der Waals surface area contributed by atoms with Crippen molar-refractivity contribution in [3.8, 4) is 11.7 Å². The van der Waals surface area contributed by atoms with E-state index in [4.69, 9.17) is 9.72 Å². The highest BCUT2D eigenvalue weighted by molar-refractivity contribution is 7.89. The zero-order chi connectivity index (χ0) is 32.0. The molecule has 15 heteroatoms. The molecule has 1 aliphatic carbocycles. The molecule has 45 heavy (non-hydrogen) atoms. The van der Waals surface area contributed by atoms with Crippen LogP contribution < -0.4 is 14.5 Å². The van der Waals surface area contributed by atoms with E-state index in [1.807, 2.05) is 16.8 Å². The van der Waals surface area contributed by atoms with E-state index < -0.39 is 27.5 Å². The van der Waals surface area contributed by atoms with Gasteiger partial charge in [-0.2, -0.15) is 21.6 Å². The number of rotatable bonds is 6. The van der Waals surface area contributed by atoms with Gasteiger partial charge in [-0.25, -0.2) is 19.0 Å². The summed E-state index contributed by atoms with van der Waals surface area (Å²) in [5.74, 6) is 1.13. The lowest BCUT2D eigenvalue weighted by atomic mass is 10.0. The van der Waals surface area contributed by atoms with Crippen molar-refractivity contribution in [2.45, 2.75) is 56.1 Å². The first-order valence-electron chi connectivity index (χ1n) is 15.1. The maximum absolute atomic E-state index is 13.8. The minimum Gasteiger partial charge on any atom is -0.477 e. The SMILES string of the molecule is CN1CCCC2CCN(C2)c2nc(-n3ccc(OCCCC4(C(F)(F)F)CC4)n3)ccc2C(=O)N(C)S(=O)(=O)c2cccc1n2. The lowest BCUT2D eigenvalue weighted by molar-refractivity contribution is -0.189. The minimum atomic E-state index is -4.27. The Morgan fingerprint density at radius 3 is 2.58 bits per heavy atom. The first kappa shape index (κ1) is 31.1. The van der Waals surface area contributed by atoms with Gasteiger partial charge in [-0.3, -0.25) is 4.79 Å². The van der Waals surface area contributed by atoms with Crippen LogP contribution in [0.4, 0.5) is 24.8 Å². The number of nitrogens with zero attached hydrogens (tertiary/aromatic N) is 7. The Kier molecular flexibility index (Phi) is 8.16. The number of hydrogen-bond donors (Lipinski definition) is 0. The molecule has 6 rings (SSSR count). The van der Waals surface area contributed by atoms with Crippen molar-refractivity contribution < 1.29 is 31.1 Å². The number of pyridine rings is 2. The van der Waals surface area contributed by atoms with Crippen LogP contribution in [0.3, 0.4) is 0 Å². The van der Waals surface area contributed by atoms with Crippen LogP contribution in [0.5, 0.6) is 5.88 Å². The topological polar surface area (TPSA) is 114 Å². The molecule has 1 saturated carbocycles. The monoisotopic (exact) mass is 647 g/mol. The Morgan fingerprint density at radius 2 is 1.82 bits per heavy atom. The Hall–Kier alpha value is -3.88. The molecule has 1 saturated heterocycles. The predicted octanol–water partition coefficient (Wildman–Crippen LogP) is 4.68. The molecule has 242 valence electrons. The molecular formula is C30H36F3N7O4S. The quantitative estimate of drug-likeness (QED) is 0.352. The molecule has 1 atom stereocenters. The van der Waals surface area contributed by atoms with Gasteiger partial charge in [0.15, 0.2) is 10.8 Å². The first-order valence-corrected chi connectivity index (χ1v) is 16.5. The number of anilines is 2. The van der Waals surface area contributed by atoms with E-state index in [2.05, 4.69) is 10.1 Å². The maximum Gasteiger partial charge on any atom is 0.394 e. The highest BCUT2D eigenvalue weighted by Gasteiger charge is 2.62. The van der Waals surface area contributed by atoms with Crippen molar-refractivity contribution in [2.75, 3.05) is 50.1 Å². The number of amides is 1. The van der Waals surface area contributed by atoms with Crippen molar-refractivity contribution in [1.82, 2.24) is 24.1 Å². The zero-order valence-corrected chi connectivity index (χ0v) is 26.0. The summed E-state index contributed by atoms with van der Waals surface area (Å²) in [4.78, 5) is 26.9. The molecule has 4 bridgehead atoms. The predicted molar refractivity (Wildman–Crippen MR) is 160 cm³/mol. The largest absolute Gasteiger partial charge is 0.477 e. The highest BCUT2D eigenvalue weighted by atomic mass is 32.2. The molecule has 0 spiro atoms. The van der Waals surface area contributed by atoms with Gasteiger partial charge in [0.05, 0.1) is 17.6 Å². The second-order valence-corrected chi connectivity index (χ2v) is 14.1. The molecule has 2 aliphatic heterocycles. The molecule has 3 aromatic rings. The van der Waals surface area contributed by atoms with Gasteiger partial charge in [0.25, 0.3) is 15.9 Å². The van der Waals surface area contributed by atoms with Gasteiger partial charge in [0.2, 0.25) is 5.88 Å². The van der Waals surface area contributed by atoms with Crippen molar-refractivity contribution in [1.29, 1.82) is 0 Å². The van der Waals surface area contributed by atoms with Crippen LogP contribution >= 0.6 is 0 Å². The Bertz CT molecular complexity index is 1680. The van der Waals surface area contributed by atoms with E-state index in [1.165, 1.54) is 17.8 Å². The van der Waals surface area contributed by atoms with Crippen LogP contribution in [-0.2, 0) is 10.0 Å². The Morgan fingerprint density at radius 1 is 1.02 bits per heavy atom. The van der Waals surface area contributed by atoms with Crippen LogP contribution in [0, 0.1) is 11.3 Å². The number of halogens is 3. The fourth-order valence-electron chi connectivity index (χ4n) is 6.07. The fourth-order valence-corrected chi connectivity index (χ4v) is 7.13. The van der Waals surface area contributed by atoms with Crippen LogP contribution in [-0.4, -0.2) is 84.9 Å². The molecule has 3 aliphatic rings. The molecular weight excluding hydrogens is 611 g/mol. The molecule has 1 amide bonds. The normalized spacial score (nSPS) is 21.2. The number of carbonyl (C=O) groups is 1. The van der Waals surface area contributed by atoms with Gasteiger partial charge >= 0.3 is 6.18 Å². The summed E-state index contributed by atoms with van der Waals surface area (Å²) < 4.78 is 74.5. The van der Waals surface area contributed by atoms with Gasteiger partial charge < -0.3 is 14.5 Å². The second-order valence-electron chi connectivity index (χ2n) is 12.1. The molecule has 0 N–H and O–H groups in total. The molecule has 3 aromatic heterocycles. The standard InChI is InChI=1S/C30H36F3N7O4S/c1-37-16-4-6-21-11-17-39(20-21)27-22(28(41)38(2)45(42,43)26-8-3-7-23(37)34-26)9-10-24(35-27)40-18-12-25(36-40)44-19-5-13-29(14-15-29)30(31,32)33/h3,7-10,12,18,21H,4-6,11,13-17,19-20H2,1-2H3. The number of fused-ring (bicyclic) bond motifs is 6. The average Bonchev–Trinajstić information content (AvgIpc) is 3.44. The third kappa shape index (κ3) is 6.18. The van der Waals surface area contributed by atoms with Crippen molar-refractivity contribution >= 4 is 27.6 Å². The molecule has 0 radical (unpaired) electrons. The summed E-state index contributed by atoms with van der Waals surface area (Å²) in [5.41, 5.74) is -1.43. The fraction of sp³-hybridized carbons (Fsp3) is 0.533. The van der Waals surface area contributed by atoms with Gasteiger partial charge in [-0.05, 0) is 75.1 Å². The summed E-state index contributed by atoms with van der Waals surface area (Å²) in [5, 5.41) is 4.17. The third-order valence-corrected chi connectivity index (χ3v) is 10.7. The number of aromatic nitrogens is 4. The van der Waals surface area contributed by atoms with Crippen LogP contribution in [0.2, 0.25) is 0 Å². The number of hydrogen-bond acceptors (Lipinski definition) is 9. The number of alkyl halides is 3. The third-order valence-electron chi connectivity index (χ3n) is 9.10. The van der Waals surface area contributed by atoms with Crippen molar-refractivity contribution in [3.05, 3.63) is 48.2 Å². The molecule has 1 unspecified atom stereocenters. The van der Waals surface area contributed by atoms with Gasteiger partial charge in [0.1, 0.15) is 11.6 Å². The number of carbonyl (C=O) groups excluding carboxylic acids is 1. The molecule has 5 heterocycles. The summed E-state index contributed by atoms with van der Waals surface area (Å²) >= 11 is 0. The smallest absolute Gasteiger partial charge is 0.394 e. The summed E-state index contributed by atoms with van der Waals surface area (Å²) in [6, 6.07) is 9.46. The average molecular weight is 648 g/mol. The Labute approximate surface area is 260 Å². The molecule has 2 fully saturated rings. The van der Waals surface area contributed by atoms with Crippen molar-refractivity contribution in [3.63, 3.8) is 0 Å². The van der Waals surface area contributed by atoms with E-state index in [-0.39, 0.29) is 48.8 Å². The Balaban J connectivity index is 1.25. The zero-order valence-electron chi connectivity index (χ0n) is 25.2. The lowest BCUT2D eigenvalue weighted by Gasteiger charge is -2.24. The van der Waals surface area contributed by atoms with Crippen LogP contribution in [0.1, 0.15) is 55.3 Å². The first-order chi connectivity index (χ1) is 21.4.